The molecular formula is C19H20FN3O3. The van der Waals surface area contributed by atoms with Crippen LogP contribution >= 0.6 is 0 Å². The van der Waals surface area contributed by atoms with Gasteiger partial charge in [0, 0.05) is 29.3 Å². The fourth-order valence-corrected chi connectivity index (χ4v) is 3.18. The van der Waals surface area contributed by atoms with Gasteiger partial charge in [-0.25, -0.2) is 9.18 Å². The van der Waals surface area contributed by atoms with Gasteiger partial charge in [-0.2, -0.15) is 5.10 Å². The molecule has 2 aromatic rings. The zero-order valence-corrected chi connectivity index (χ0v) is 15.1. The SMILES string of the molecule is COC(=O)C1=CN(C(=O)c2ccc(F)cc2)CC(C)(C)c2[nH]nc(C)c21. The number of rotatable bonds is 2. The lowest BCUT2D eigenvalue weighted by molar-refractivity contribution is -0.133. The van der Waals surface area contributed by atoms with E-state index in [1.165, 1.54) is 42.5 Å². The third-order valence-corrected chi connectivity index (χ3v) is 4.50. The van der Waals surface area contributed by atoms with Crippen LogP contribution in [0.15, 0.2) is 30.5 Å². The van der Waals surface area contributed by atoms with Gasteiger partial charge >= 0.3 is 5.97 Å². The Hall–Kier alpha value is -2.96. The molecule has 0 saturated carbocycles. The van der Waals surface area contributed by atoms with Crippen molar-refractivity contribution in [3.8, 4) is 0 Å². The number of ether oxygens (including phenoxy) is 1. The summed E-state index contributed by atoms with van der Waals surface area (Å²) in [4.78, 5) is 26.8. The van der Waals surface area contributed by atoms with Crippen LogP contribution in [0.5, 0.6) is 0 Å². The second-order valence-electron chi connectivity index (χ2n) is 6.92. The molecule has 26 heavy (non-hydrogen) atoms. The second kappa shape index (κ2) is 6.40. The summed E-state index contributed by atoms with van der Waals surface area (Å²) in [6, 6.07) is 5.32. The third kappa shape index (κ3) is 3.00. The zero-order chi connectivity index (χ0) is 19.1. The van der Waals surface area contributed by atoms with E-state index in [2.05, 4.69) is 10.2 Å². The van der Waals surface area contributed by atoms with Gasteiger partial charge in [-0.05, 0) is 31.2 Å². The van der Waals surface area contributed by atoms with Gasteiger partial charge in [-0.1, -0.05) is 13.8 Å². The van der Waals surface area contributed by atoms with E-state index in [0.29, 0.717) is 23.4 Å². The van der Waals surface area contributed by atoms with E-state index in [0.717, 1.165) is 5.69 Å². The number of carbonyl (C=O) groups is 2. The predicted molar refractivity (Wildman–Crippen MR) is 93.8 cm³/mol. The molecule has 0 radical (unpaired) electrons. The largest absolute Gasteiger partial charge is 0.465 e. The lowest BCUT2D eigenvalue weighted by Gasteiger charge is -2.28. The lowest BCUT2D eigenvalue weighted by Crippen LogP contribution is -2.37. The highest BCUT2D eigenvalue weighted by Crippen LogP contribution is 2.36. The topological polar surface area (TPSA) is 75.3 Å². The molecule has 6 nitrogen and oxygen atoms in total. The van der Waals surface area contributed by atoms with E-state index >= 15 is 0 Å². The Morgan fingerprint density at radius 3 is 2.54 bits per heavy atom. The number of aryl methyl sites for hydroxylation is 1. The molecule has 0 fully saturated rings. The molecule has 0 atom stereocenters. The Morgan fingerprint density at radius 2 is 1.92 bits per heavy atom. The number of hydrogen-bond acceptors (Lipinski definition) is 4. The number of aromatic amines is 1. The van der Waals surface area contributed by atoms with Crippen LogP contribution in [0.1, 0.15) is 41.2 Å². The number of halogens is 1. The summed E-state index contributed by atoms with van der Waals surface area (Å²) in [5, 5.41) is 7.21. The van der Waals surface area contributed by atoms with Crippen LogP contribution in [0.3, 0.4) is 0 Å². The molecule has 1 aromatic heterocycles. The normalized spacial score (nSPS) is 15.7. The first kappa shape index (κ1) is 17.8. The second-order valence-corrected chi connectivity index (χ2v) is 6.92. The molecule has 1 aliphatic rings. The van der Waals surface area contributed by atoms with Crippen LogP contribution in [-0.2, 0) is 14.9 Å². The van der Waals surface area contributed by atoms with E-state index in [1.54, 1.807) is 6.92 Å². The van der Waals surface area contributed by atoms with Gasteiger partial charge in [-0.3, -0.25) is 9.89 Å². The lowest BCUT2D eigenvalue weighted by atomic mass is 9.85. The Morgan fingerprint density at radius 1 is 1.27 bits per heavy atom. The molecule has 7 heteroatoms. The number of methoxy groups -OCH3 is 1. The Labute approximate surface area is 150 Å². The summed E-state index contributed by atoms with van der Waals surface area (Å²) >= 11 is 0. The van der Waals surface area contributed by atoms with Crippen molar-refractivity contribution in [1.29, 1.82) is 0 Å². The first-order valence-corrected chi connectivity index (χ1v) is 8.17. The Kier molecular flexibility index (Phi) is 4.39. The number of aromatic nitrogens is 2. The number of H-pyrrole nitrogens is 1. The van der Waals surface area contributed by atoms with Crippen LogP contribution in [0.2, 0.25) is 0 Å². The number of esters is 1. The number of amides is 1. The van der Waals surface area contributed by atoms with E-state index in [1.807, 2.05) is 13.8 Å². The van der Waals surface area contributed by atoms with E-state index in [-0.39, 0.29) is 11.5 Å². The number of nitrogens with zero attached hydrogens (tertiary/aromatic N) is 2. The summed E-state index contributed by atoms with van der Waals surface area (Å²) in [6.07, 6.45) is 1.49. The average Bonchev–Trinajstić information content (AvgIpc) is 2.94. The van der Waals surface area contributed by atoms with Gasteiger partial charge in [0.25, 0.3) is 5.91 Å². The van der Waals surface area contributed by atoms with E-state index < -0.39 is 17.2 Å². The molecule has 0 aliphatic carbocycles. The molecule has 0 spiro atoms. The minimum absolute atomic E-state index is 0.259. The minimum atomic E-state index is -0.551. The van der Waals surface area contributed by atoms with Gasteiger partial charge in [0.1, 0.15) is 5.82 Å². The molecule has 0 unspecified atom stereocenters. The molecule has 1 aromatic carbocycles. The van der Waals surface area contributed by atoms with Crippen molar-refractivity contribution in [1.82, 2.24) is 15.1 Å². The summed E-state index contributed by atoms with van der Waals surface area (Å²) < 4.78 is 18.1. The molecule has 136 valence electrons. The molecule has 0 bridgehead atoms. The number of fused-ring (bicyclic) bond motifs is 1. The monoisotopic (exact) mass is 357 g/mol. The summed E-state index contributed by atoms with van der Waals surface area (Å²) in [5.41, 5.74) is 2.18. The molecule has 2 heterocycles. The zero-order valence-electron chi connectivity index (χ0n) is 15.1. The summed E-state index contributed by atoms with van der Waals surface area (Å²) in [7, 11) is 1.29. The van der Waals surface area contributed by atoms with Crippen LogP contribution in [0.4, 0.5) is 4.39 Å². The maximum Gasteiger partial charge on any atom is 0.340 e. The van der Waals surface area contributed by atoms with Crippen molar-refractivity contribution in [2.24, 2.45) is 0 Å². The minimum Gasteiger partial charge on any atom is -0.465 e. The highest BCUT2D eigenvalue weighted by atomic mass is 19.1. The highest BCUT2D eigenvalue weighted by molar-refractivity contribution is 6.18. The molecule has 1 amide bonds. The molecule has 1 aliphatic heterocycles. The first-order chi connectivity index (χ1) is 12.2. The maximum atomic E-state index is 13.2. The number of hydrogen-bond donors (Lipinski definition) is 1. The molecule has 1 N–H and O–H groups in total. The summed E-state index contributed by atoms with van der Waals surface area (Å²) in [5.74, 6) is -1.29. The number of benzene rings is 1. The molecule has 0 saturated heterocycles. The maximum absolute atomic E-state index is 13.2. The summed E-state index contributed by atoms with van der Waals surface area (Å²) in [6.45, 7) is 6.03. The average molecular weight is 357 g/mol. The fourth-order valence-electron chi connectivity index (χ4n) is 3.18. The number of carbonyl (C=O) groups excluding carboxylic acids is 2. The third-order valence-electron chi connectivity index (χ3n) is 4.50. The van der Waals surface area contributed by atoms with Gasteiger partial charge in [0.15, 0.2) is 0 Å². The van der Waals surface area contributed by atoms with E-state index in [9.17, 15) is 14.0 Å². The molecule has 3 rings (SSSR count). The van der Waals surface area contributed by atoms with Crippen molar-refractivity contribution in [3.05, 3.63) is 58.8 Å². The van der Waals surface area contributed by atoms with Crippen LogP contribution in [0.25, 0.3) is 5.57 Å². The quantitative estimate of drug-likeness (QED) is 0.839. The fraction of sp³-hybridized carbons (Fsp3) is 0.316. The van der Waals surface area contributed by atoms with Crippen molar-refractivity contribution < 1.29 is 18.7 Å². The van der Waals surface area contributed by atoms with Crippen LogP contribution in [0, 0.1) is 12.7 Å². The van der Waals surface area contributed by atoms with Crippen molar-refractivity contribution in [3.63, 3.8) is 0 Å². The predicted octanol–water partition coefficient (Wildman–Crippen LogP) is 2.80. The van der Waals surface area contributed by atoms with Crippen molar-refractivity contribution in [2.75, 3.05) is 13.7 Å². The van der Waals surface area contributed by atoms with Crippen molar-refractivity contribution in [2.45, 2.75) is 26.2 Å². The first-order valence-electron chi connectivity index (χ1n) is 8.17. The smallest absolute Gasteiger partial charge is 0.340 e. The number of nitrogens with one attached hydrogen (secondary N) is 1. The van der Waals surface area contributed by atoms with Crippen molar-refractivity contribution >= 4 is 17.4 Å². The van der Waals surface area contributed by atoms with Gasteiger partial charge in [0.2, 0.25) is 0 Å². The standard InChI is InChI=1S/C19H20FN3O3/c1-11-15-14(18(25)26-4)9-23(10-19(2,3)16(15)22-21-11)17(24)12-5-7-13(20)8-6-12/h5-9H,10H2,1-4H3,(H,21,22). The Bertz CT molecular complexity index is 897. The molecular weight excluding hydrogens is 337 g/mol. The van der Waals surface area contributed by atoms with Gasteiger partial charge < -0.3 is 9.64 Å². The van der Waals surface area contributed by atoms with Crippen LogP contribution < -0.4 is 0 Å². The van der Waals surface area contributed by atoms with Gasteiger partial charge in [0.05, 0.1) is 24.1 Å². The van der Waals surface area contributed by atoms with Gasteiger partial charge in [-0.15, -0.1) is 0 Å². The van der Waals surface area contributed by atoms with Crippen LogP contribution in [-0.4, -0.2) is 40.6 Å². The van der Waals surface area contributed by atoms with E-state index in [4.69, 9.17) is 4.74 Å². The highest BCUT2D eigenvalue weighted by Gasteiger charge is 2.37. The Balaban J connectivity index is 2.12.